The van der Waals surface area contributed by atoms with Crippen LogP contribution in [-0.2, 0) is 14.0 Å². The van der Waals surface area contributed by atoms with E-state index in [1.165, 1.54) is 15.3 Å². The highest BCUT2D eigenvalue weighted by atomic mass is 28.4. The first-order chi connectivity index (χ1) is 18.6. The van der Waals surface area contributed by atoms with E-state index in [1.807, 2.05) is 55.5 Å². The van der Waals surface area contributed by atoms with Crippen LogP contribution in [0.15, 0.2) is 104 Å². The van der Waals surface area contributed by atoms with E-state index in [9.17, 15) is 9.59 Å². The fraction of sp³-hybridized carbons (Fsp3) is 0.333. The Morgan fingerprint density at radius 3 is 1.95 bits per heavy atom. The van der Waals surface area contributed by atoms with E-state index < -0.39 is 25.9 Å². The molecule has 39 heavy (non-hydrogen) atoms. The zero-order valence-corrected chi connectivity index (χ0v) is 24.4. The molecule has 5 nitrogen and oxygen atoms in total. The number of carbonyl (C=O) groups is 2. The van der Waals surface area contributed by atoms with Crippen LogP contribution in [0, 0.1) is 5.41 Å². The Morgan fingerprint density at radius 1 is 0.949 bits per heavy atom. The number of hydrogen-bond acceptors (Lipinski definition) is 4. The lowest BCUT2D eigenvalue weighted by Gasteiger charge is -2.43. The number of cyclic esters (lactones) is 1. The molecule has 0 radical (unpaired) electrons. The minimum absolute atomic E-state index is 0.138. The van der Waals surface area contributed by atoms with Gasteiger partial charge in [0, 0.05) is 13.0 Å². The number of hydrogen-bond donors (Lipinski definition) is 0. The SMILES string of the molecule is C=C[C@@](C)(CCO[Si](c1ccccc1)(c1ccccc1)C(C)(C)C)CC(=O)N1C(=O)OC[C@H]1c1ccccc1. The molecule has 1 heterocycles. The third kappa shape index (κ3) is 5.92. The normalized spacial score (nSPS) is 17.4. The maximum atomic E-state index is 13.5. The van der Waals surface area contributed by atoms with Crippen molar-refractivity contribution in [1.29, 1.82) is 0 Å². The highest BCUT2D eigenvalue weighted by Gasteiger charge is 2.50. The lowest BCUT2D eigenvalue weighted by molar-refractivity contribution is -0.131. The van der Waals surface area contributed by atoms with Crippen LogP contribution in [0.25, 0.3) is 0 Å². The second-order valence-corrected chi connectivity index (χ2v) is 15.9. The molecule has 0 spiro atoms. The van der Waals surface area contributed by atoms with Crippen LogP contribution < -0.4 is 10.4 Å². The molecular formula is C33H39NO4Si. The first-order valence-corrected chi connectivity index (χ1v) is 15.4. The van der Waals surface area contributed by atoms with Gasteiger partial charge < -0.3 is 9.16 Å². The van der Waals surface area contributed by atoms with Gasteiger partial charge in [0.1, 0.15) is 12.6 Å². The Labute approximate surface area is 233 Å². The van der Waals surface area contributed by atoms with Gasteiger partial charge in [0.15, 0.2) is 0 Å². The number of ether oxygens (including phenoxy) is 1. The zero-order valence-electron chi connectivity index (χ0n) is 23.4. The average molecular weight is 542 g/mol. The quantitative estimate of drug-likeness (QED) is 0.225. The standard InChI is InChI=1S/C33H39NO4Si/c1-6-33(5,24-30(35)34-29(25-37-31(34)36)26-16-10-7-11-17-26)22-23-38-39(32(2,3)4,27-18-12-8-13-19-27)28-20-14-9-15-21-28/h6-21,29H,1,22-25H2,2-5H3/t29-,33-/m0/s1. The van der Waals surface area contributed by atoms with Gasteiger partial charge in [-0.3, -0.25) is 4.79 Å². The summed E-state index contributed by atoms with van der Waals surface area (Å²) in [7, 11) is -2.70. The van der Waals surface area contributed by atoms with Gasteiger partial charge in [-0.15, -0.1) is 6.58 Å². The summed E-state index contributed by atoms with van der Waals surface area (Å²) in [5, 5.41) is 2.29. The number of amides is 2. The van der Waals surface area contributed by atoms with Crippen molar-refractivity contribution in [3.63, 3.8) is 0 Å². The molecule has 0 unspecified atom stereocenters. The Bertz CT molecular complexity index is 1230. The molecule has 204 valence electrons. The maximum absolute atomic E-state index is 13.5. The number of imide groups is 1. The fourth-order valence-electron chi connectivity index (χ4n) is 5.51. The smallest absolute Gasteiger partial charge is 0.417 e. The second-order valence-electron chi connectivity index (χ2n) is 11.6. The number of carbonyl (C=O) groups excluding carboxylic acids is 2. The van der Waals surface area contributed by atoms with Gasteiger partial charge in [0.2, 0.25) is 5.91 Å². The van der Waals surface area contributed by atoms with Crippen LogP contribution in [0.1, 0.15) is 52.1 Å². The van der Waals surface area contributed by atoms with Crippen molar-refractivity contribution < 1.29 is 18.8 Å². The number of rotatable bonds is 10. The molecule has 0 N–H and O–H groups in total. The topological polar surface area (TPSA) is 55.8 Å². The van der Waals surface area contributed by atoms with Crippen LogP contribution in [0.3, 0.4) is 0 Å². The van der Waals surface area contributed by atoms with Crippen molar-refractivity contribution in [2.24, 2.45) is 5.41 Å². The van der Waals surface area contributed by atoms with Crippen molar-refractivity contribution in [1.82, 2.24) is 4.90 Å². The van der Waals surface area contributed by atoms with E-state index in [0.29, 0.717) is 13.0 Å². The van der Waals surface area contributed by atoms with E-state index in [1.54, 1.807) is 0 Å². The molecule has 2 atom stereocenters. The Balaban J connectivity index is 1.56. The fourth-order valence-corrected chi connectivity index (χ4v) is 10.1. The maximum Gasteiger partial charge on any atom is 0.417 e. The van der Waals surface area contributed by atoms with E-state index in [0.717, 1.165) is 5.56 Å². The molecule has 0 aromatic heterocycles. The molecule has 1 saturated heterocycles. The van der Waals surface area contributed by atoms with E-state index in [-0.39, 0.29) is 24.0 Å². The number of benzene rings is 3. The summed E-state index contributed by atoms with van der Waals surface area (Å²) in [6.07, 6.45) is 1.95. The molecule has 0 aliphatic carbocycles. The summed E-state index contributed by atoms with van der Waals surface area (Å²) in [5.74, 6) is -0.265. The van der Waals surface area contributed by atoms with Crippen LogP contribution in [0.2, 0.25) is 5.04 Å². The first kappa shape index (κ1) is 28.5. The van der Waals surface area contributed by atoms with Crippen LogP contribution in [0.5, 0.6) is 0 Å². The minimum atomic E-state index is -2.70. The van der Waals surface area contributed by atoms with Gasteiger partial charge in [-0.05, 0) is 32.8 Å². The molecule has 3 aromatic carbocycles. The molecule has 6 heteroatoms. The molecule has 4 rings (SSSR count). The summed E-state index contributed by atoms with van der Waals surface area (Å²) in [6, 6.07) is 30.1. The lowest BCUT2D eigenvalue weighted by atomic mass is 9.83. The van der Waals surface area contributed by atoms with Crippen LogP contribution >= 0.6 is 0 Å². The summed E-state index contributed by atoms with van der Waals surface area (Å²) < 4.78 is 12.3. The first-order valence-electron chi connectivity index (χ1n) is 13.5. The summed E-state index contributed by atoms with van der Waals surface area (Å²) in [4.78, 5) is 27.4. The Hall–Kier alpha value is -3.48. The van der Waals surface area contributed by atoms with Gasteiger partial charge in [0.25, 0.3) is 8.32 Å². The molecule has 0 saturated carbocycles. The highest BCUT2D eigenvalue weighted by molar-refractivity contribution is 6.99. The van der Waals surface area contributed by atoms with Crippen molar-refractivity contribution in [3.05, 3.63) is 109 Å². The van der Waals surface area contributed by atoms with Crippen molar-refractivity contribution >= 4 is 30.7 Å². The largest absolute Gasteiger partial charge is 0.446 e. The molecule has 2 amide bonds. The predicted molar refractivity (Wildman–Crippen MR) is 158 cm³/mol. The monoisotopic (exact) mass is 541 g/mol. The third-order valence-electron chi connectivity index (χ3n) is 7.78. The minimum Gasteiger partial charge on any atom is -0.446 e. The molecule has 1 aliphatic rings. The molecule has 0 bridgehead atoms. The number of allylic oxidation sites excluding steroid dienone is 1. The van der Waals surface area contributed by atoms with Gasteiger partial charge in [-0.25, -0.2) is 9.69 Å². The summed E-state index contributed by atoms with van der Waals surface area (Å²) in [6.45, 7) is 13.4. The Morgan fingerprint density at radius 2 is 1.46 bits per heavy atom. The lowest BCUT2D eigenvalue weighted by Crippen LogP contribution is -2.66. The van der Waals surface area contributed by atoms with Gasteiger partial charge in [0.05, 0.1) is 0 Å². The van der Waals surface area contributed by atoms with Crippen LogP contribution in [-0.4, -0.2) is 38.4 Å². The molecular weight excluding hydrogens is 502 g/mol. The van der Waals surface area contributed by atoms with Crippen molar-refractivity contribution in [2.45, 2.75) is 51.6 Å². The number of nitrogens with zero attached hydrogens (tertiary/aromatic N) is 1. The van der Waals surface area contributed by atoms with E-state index in [2.05, 4.69) is 75.9 Å². The summed E-state index contributed by atoms with van der Waals surface area (Å²) >= 11 is 0. The highest BCUT2D eigenvalue weighted by Crippen LogP contribution is 2.38. The van der Waals surface area contributed by atoms with E-state index >= 15 is 0 Å². The van der Waals surface area contributed by atoms with Gasteiger partial charge in [-0.2, -0.15) is 0 Å². The van der Waals surface area contributed by atoms with Crippen LogP contribution in [0.4, 0.5) is 4.79 Å². The van der Waals surface area contributed by atoms with Gasteiger partial charge in [-0.1, -0.05) is 125 Å². The van der Waals surface area contributed by atoms with E-state index in [4.69, 9.17) is 9.16 Å². The molecule has 1 fully saturated rings. The molecule has 1 aliphatic heterocycles. The Kier molecular flexibility index (Phi) is 8.57. The second kappa shape index (κ2) is 11.7. The van der Waals surface area contributed by atoms with Crippen molar-refractivity contribution in [3.8, 4) is 0 Å². The van der Waals surface area contributed by atoms with Gasteiger partial charge >= 0.3 is 6.09 Å². The van der Waals surface area contributed by atoms with Crippen molar-refractivity contribution in [2.75, 3.05) is 13.2 Å². The molecule has 3 aromatic rings. The average Bonchev–Trinajstić information content (AvgIpc) is 3.33. The summed E-state index contributed by atoms with van der Waals surface area (Å²) in [5.41, 5.74) is 0.319. The predicted octanol–water partition coefficient (Wildman–Crippen LogP) is 6.26. The zero-order chi connectivity index (χ0) is 28.1. The third-order valence-corrected chi connectivity index (χ3v) is 12.8.